The van der Waals surface area contributed by atoms with Crippen molar-refractivity contribution in [3.8, 4) is 11.3 Å². The van der Waals surface area contributed by atoms with Gasteiger partial charge in [-0.3, -0.25) is 4.79 Å². The first-order valence-electron chi connectivity index (χ1n) is 7.96. The molecule has 0 unspecified atom stereocenters. The SMILES string of the molecule is CN(C)c1ccc2cc(-c3cccc4ccccc34)[nH]c(=O)c2c1. The number of hydrogen-bond donors (Lipinski definition) is 1. The van der Waals surface area contributed by atoms with Crippen LogP contribution < -0.4 is 10.5 Å². The van der Waals surface area contributed by atoms with Crippen LogP contribution in [0.25, 0.3) is 32.8 Å². The molecule has 4 rings (SSSR count). The van der Waals surface area contributed by atoms with E-state index in [-0.39, 0.29) is 5.56 Å². The molecule has 24 heavy (non-hydrogen) atoms. The van der Waals surface area contributed by atoms with Crippen molar-refractivity contribution in [2.45, 2.75) is 0 Å². The first kappa shape index (κ1) is 14.5. The van der Waals surface area contributed by atoms with Crippen molar-refractivity contribution in [3.63, 3.8) is 0 Å². The highest BCUT2D eigenvalue weighted by molar-refractivity contribution is 5.97. The van der Waals surface area contributed by atoms with E-state index in [4.69, 9.17) is 0 Å². The van der Waals surface area contributed by atoms with Crippen molar-refractivity contribution in [2.75, 3.05) is 19.0 Å². The molecule has 0 bridgehead atoms. The van der Waals surface area contributed by atoms with Crippen LogP contribution in [0.1, 0.15) is 0 Å². The van der Waals surface area contributed by atoms with Crippen molar-refractivity contribution in [1.29, 1.82) is 0 Å². The number of benzene rings is 3. The van der Waals surface area contributed by atoms with Crippen LogP contribution in [0.3, 0.4) is 0 Å². The summed E-state index contributed by atoms with van der Waals surface area (Å²) in [6, 6.07) is 22.4. The Morgan fingerprint density at radius 3 is 2.42 bits per heavy atom. The fraction of sp³-hybridized carbons (Fsp3) is 0.0952. The highest BCUT2D eigenvalue weighted by atomic mass is 16.1. The molecule has 118 valence electrons. The topological polar surface area (TPSA) is 36.1 Å². The number of rotatable bonds is 2. The average molecular weight is 314 g/mol. The van der Waals surface area contributed by atoms with Gasteiger partial charge in [0.2, 0.25) is 0 Å². The van der Waals surface area contributed by atoms with Gasteiger partial charge in [-0.1, -0.05) is 48.5 Å². The van der Waals surface area contributed by atoms with Crippen molar-refractivity contribution in [1.82, 2.24) is 4.98 Å². The van der Waals surface area contributed by atoms with Crippen LogP contribution in [0.5, 0.6) is 0 Å². The lowest BCUT2D eigenvalue weighted by Gasteiger charge is -2.13. The smallest absolute Gasteiger partial charge is 0.256 e. The van der Waals surface area contributed by atoms with Gasteiger partial charge in [0.15, 0.2) is 0 Å². The van der Waals surface area contributed by atoms with E-state index in [2.05, 4.69) is 29.2 Å². The molecule has 0 amide bonds. The molecule has 0 aliphatic heterocycles. The molecule has 0 aliphatic rings. The van der Waals surface area contributed by atoms with Gasteiger partial charge >= 0.3 is 0 Å². The van der Waals surface area contributed by atoms with Crippen LogP contribution in [0.4, 0.5) is 5.69 Å². The van der Waals surface area contributed by atoms with Gasteiger partial charge in [-0.15, -0.1) is 0 Å². The molecule has 4 aromatic rings. The summed E-state index contributed by atoms with van der Waals surface area (Å²) in [4.78, 5) is 17.7. The molecule has 1 N–H and O–H groups in total. The number of nitrogens with one attached hydrogen (secondary N) is 1. The summed E-state index contributed by atoms with van der Waals surface area (Å²) >= 11 is 0. The van der Waals surface area contributed by atoms with Gasteiger partial charge in [0.05, 0.1) is 0 Å². The second kappa shape index (κ2) is 5.53. The Hall–Kier alpha value is -3.07. The summed E-state index contributed by atoms with van der Waals surface area (Å²) in [5.74, 6) is 0. The first-order valence-corrected chi connectivity index (χ1v) is 7.96. The van der Waals surface area contributed by atoms with Gasteiger partial charge in [0.1, 0.15) is 0 Å². The van der Waals surface area contributed by atoms with Gasteiger partial charge in [0.25, 0.3) is 5.56 Å². The van der Waals surface area contributed by atoms with Crippen molar-refractivity contribution in [3.05, 3.63) is 77.1 Å². The van der Waals surface area contributed by atoms with Crippen LogP contribution in [-0.4, -0.2) is 19.1 Å². The van der Waals surface area contributed by atoms with E-state index in [0.29, 0.717) is 5.39 Å². The molecule has 0 radical (unpaired) electrons. The third-order valence-electron chi connectivity index (χ3n) is 4.43. The van der Waals surface area contributed by atoms with Crippen LogP contribution >= 0.6 is 0 Å². The minimum Gasteiger partial charge on any atom is -0.378 e. The van der Waals surface area contributed by atoms with E-state index in [1.165, 1.54) is 5.39 Å². The molecule has 3 aromatic carbocycles. The highest BCUT2D eigenvalue weighted by Gasteiger charge is 2.08. The lowest BCUT2D eigenvalue weighted by Crippen LogP contribution is -2.11. The third kappa shape index (κ3) is 2.35. The van der Waals surface area contributed by atoms with Crippen molar-refractivity contribution >= 4 is 27.2 Å². The number of fused-ring (bicyclic) bond motifs is 2. The van der Waals surface area contributed by atoms with Crippen LogP contribution in [0.2, 0.25) is 0 Å². The maximum absolute atomic E-state index is 12.6. The van der Waals surface area contributed by atoms with E-state index in [1.54, 1.807) is 0 Å². The molecule has 1 heterocycles. The lowest BCUT2D eigenvalue weighted by atomic mass is 10.0. The molecule has 0 saturated heterocycles. The fourth-order valence-electron chi connectivity index (χ4n) is 3.13. The number of anilines is 1. The predicted molar refractivity (Wildman–Crippen MR) is 102 cm³/mol. The summed E-state index contributed by atoms with van der Waals surface area (Å²) in [5.41, 5.74) is 2.86. The van der Waals surface area contributed by atoms with Gasteiger partial charge < -0.3 is 9.88 Å². The summed E-state index contributed by atoms with van der Waals surface area (Å²) in [5, 5.41) is 3.97. The molecule has 0 saturated carbocycles. The first-order chi connectivity index (χ1) is 11.6. The van der Waals surface area contributed by atoms with E-state index < -0.39 is 0 Å². The highest BCUT2D eigenvalue weighted by Crippen LogP contribution is 2.28. The average Bonchev–Trinajstić information content (AvgIpc) is 2.60. The largest absolute Gasteiger partial charge is 0.378 e. The van der Waals surface area contributed by atoms with E-state index >= 15 is 0 Å². The molecule has 1 aromatic heterocycles. The predicted octanol–water partition coefficient (Wildman–Crippen LogP) is 4.41. The number of H-pyrrole nitrogens is 1. The second-order valence-corrected chi connectivity index (χ2v) is 6.20. The Morgan fingerprint density at radius 2 is 1.58 bits per heavy atom. The third-order valence-corrected chi connectivity index (χ3v) is 4.43. The van der Waals surface area contributed by atoms with Crippen LogP contribution in [0, 0.1) is 0 Å². The Balaban J connectivity index is 1.98. The van der Waals surface area contributed by atoms with E-state index in [9.17, 15) is 4.79 Å². The monoisotopic (exact) mass is 314 g/mol. The Morgan fingerprint density at radius 1 is 0.792 bits per heavy atom. The number of hydrogen-bond acceptors (Lipinski definition) is 2. The van der Waals surface area contributed by atoms with Crippen LogP contribution in [-0.2, 0) is 0 Å². The minimum atomic E-state index is -0.0564. The summed E-state index contributed by atoms with van der Waals surface area (Å²) in [6.07, 6.45) is 0. The molecule has 0 spiro atoms. The normalized spacial score (nSPS) is 11.1. The Labute approximate surface area is 140 Å². The quantitative estimate of drug-likeness (QED) is 0.595. The van der Waals surface area contributed by atoms with Gasteiger partial charge in [0, 0.05) is 36.4 Å². The van der Waals surface area contributed by atoms with Crippen molar-refractivity contribution < 1.29 is 0 Å². The van der Waals surface area contributed by atoms with Crippen molar-refractivity contribution in [2.24, 2.45) is 0 Å². The minimum absolute atomic E-state index is 0.0564. The Bertz CT molecular complexity index is 1100. The maximum atomic E-state index is 12.6. The lowest BCUT2D eigenvalue weighted by molar-refractivity contribution is 1.13. The molecule has 0 fully saturated rings. The number of aromatic amines is 1. The molecule has 0 atom stereocenters. The van der Waals surface area contributed by atoms with Gasteiger partial charge in [-0.25, -0.2) is 0 Å². The summed E-state index contributed by atoms with van der Waals surface area (Å²) in [6.45, 7) is 0. The molecule has 3 nitrogen and oxygen atoms in total. The zero-order chi connectivity index (χ0) is 16.7. The molecule has 3 heteroatoms. The molecular weight excluding hydrogens is 296 g/mol. The molecular formula is C21H18N2O. The second-order valence-electron chi connectivity index (χ2n) is 6.20. The number of aromatic nitrogens is 1. The number of pyridine rings is 1. The Kier molecular flexibility index (Phi) is 3.35. The molecule has 0 aliphatic carbocycles. The van der Waals surface area contributed by atoms with Gasteiger partial charge in [-0.2, -0.15) is 0 Å². The van der Waals surface area contributed by atoms with Gasteiger partial charge in [-0.05, 0) is 34.4 Å². The summed E-state index contributed by atoms with van der Waals surface area (Å²) in [7, 11) is 3.94. The van der Waals surface area contributed by atoms with E-state index in [1.807, 2.05) is 61.5 Å². The maximum Gasteiger partial charge on any atom is 0.256 e. The number of nitrogens with zero attached hydrogens (tertiary/aromatic N) is 1. The van der Waals surface area contributed by atoms with Crippen LogP contribution in [0.15, 0.2) is 71.5 Å². The zero-order valence-corrected chi connectivity index (χ0v) is 13.7. The zero-order valence-electron chi connectivity index (χ0n) is 13.7. The fourth-order valence-corrected chi connectivity index (χ4v) is 3.13. The standard InChI is InChI=1S/C21H18N2O/c1-23(2)16-11-10-15-12-20(22-21(24)19(15)13-16)18-9-5-7-14-6-3-4-8-17(14)18/h3-13H,1-2H3,(H,22,24). The van der Waals surface area contributed by atoms with E-state index in [0.717, 1.165) is 27.7 Å². The summed E-state index contributed by atoms with van der Waals surface area (Å²) < 4.78 is 0.